The van der Waals surface area contributed by atoms with E-state index in [1.165, 1.54) is 32.1 Å². The molecule has 1 heteroatoms. The van der Waals surface area contributed by atoms with Gasteiger partial charge in [-0.05, 0) is 31.1 Å². The van der Waals surface area contributed by atoms with Gasteiger partial charge in [-0.1, -0.05) is 26.7 Å². The van der Waals surface area contributed by atoms with Crippen LogP contribution in [-0.4, -0.2) is 6.04 Å². The van der Waals surface area contributed by atoms with E-state index in [0.29, 0.717) is 6.04 Å². The van der Waals surface area contributed by atoms with Gasteiger partial charge in [0.25, 0.3) is 0 Å². The van der Waals surface area contributed by atoms with Crippen molar-refractivity contribution < 1.29 is 0 Å². The van der Waals surface area contributed by atoms with Gasteiger partial charge in [-0.15, -0.1) is 0 Å². The average Bonchev–Trinajstić information content (AvgIpc) is 1.93. The molecule has 0 aromatic rings. The highest BCUT2D eigenvalue weighted by atomic mass is 14.7. The first kappa shape index (κ1) is 9.05. The SMILES string of the molecule is CC(C)C[C@H]1CCCC[C@H]1N. The van der Waals surface area contributed by atoms with E-state index in [2.05, 4.69) is 13.8 Å². The van der Waals surface area contributed by atoms with Gasteiger partial charge in [0.15, 0.2) is 0 Å². The summed E-state index contributed by atoms with van der Waals surface area (Å²) in [6, 6.07) is 0.506. The minimum atomic E-state index is 0.506. The van der Waals surface area contributed by atoms with Crippen molar-refractivity contribution in [3.63, 3.8) is 0 Å². The molecular formula is C10H21N. The summed E-state index contributed by atoms with van der Waals surface area (Å²) in [7, 11) is 0. The summed E-state index contributed by atoms with van der Waals surface area (Å²) in [6.45, 7) is 4.59. The van der Waals surface area contributed by atoms with Crippen molar-refractivity contribution in [2.24, 2.45) is 17.6 Å². The predicted molar refractivity (Wildman–Crippen MR) is 49.4 cm³/mol. The quantitative estimate of drug-likeness (QED) is 0.651. The van der Waals surface area contributed by atoms with Crippen LogP contribution in [0.3, 0.4) is 0 Å². The third kappa shape index (κ3) is 2.82. The van der Waals surface area contributed by atoms with Crippen molar-refractivity contribution >= 4 is 0 Å². The van der Waals surface area contributed by atoms with E-state index in [1.54, 1.807) is 0 Å². The molecule has 0 aromatic carbocycles. The normalized spacial score (nSPS) is 32.7. The monoisotopic (exact) mass is 155 g/mol. The lowest BCUT2D eigenvalue weighted by Crippen LogP contribution is -2.33. The lowest BCUT2D eigenvalue weighted by Gasteiger charge is -2.29. The van der Waals surface area contributed by atoms with E-state index in [4.69, 9.17) is 5.73 Å². The van der Waals surface area contributed by atoms with Crippen LogP contribution in [-0.2, 0) is 0 Å². The van der Waals surface area contributed by atoms with Crippen LogP contribution in [0.2, 0.25) is 0 Å². The van der Waals surface area contributed by atoms with Gasteiger partial charge in [0.1, 0.15) is 0 Å². The van der Waals surface area contributed by atoms with Crippen LogP contribution in [0.25, 0.3) is 0 Å². The summed E-state index contributed by atoms with van der Waals surface area (Å²) in [6.07, 6.45) is 6.73. The summed E-state index contributed by atoms with van der Waals surface area (Å²) in [4.78, 5) is 0. The fourth-order valence-corrected chi connectivity index (χ4v) is 2.13. The molecule has 0 radical (unpaired) electrons. The Hall–Kier alpha value is -0.0400. The molecule has 1 saturated carbocycles. The first-order valence-electron chi connectivity index (χ1n) is 4.95. The van der Waals surface area contributed by atoms with Crippen LogP contribution in [0.5, 0.6) is 0 Å². The zero-order valence-electron chi connectivity index (χ0n) is 7.84. The Balaban J connectivity index is 2.29. The van der Waals surface area contributed by atoms with Crippen LogP contribution >= 0.6 is 0 Å². The second kappa shape index (κ2) is 4.10. The van der Waals surface area contributed by atoms with Gasteiger partial charge in [0, 0.05) is 6.04 Å². The first-order chi connectivity index (χ1) is 5.20. The molecule has 66 valence electrons. The Bertz CT molecular complexity index is 109. The fourth-order valence-electron chi connectivity index (χ4n) is 2.13. The van der Waals surface area contributed by atoms with Gasteiger partial charge in [-0.3, -0.25) is 0 Å². The van der Waals surface area contributed by atoms with Crippen molar-refractivity contribution in [3.05, 3.63) is 0 Å². The van der Waals surface area contributed by atoms with Crippen molar-refractivity contribution in [2.45, 2.75) is 52.0 Å². The predicted octanol–water partition coefficient (Wildman–Crippen LogP) is 2.55. The largest absolute Gasteiger partial charge is 0.327 e. The molecule has 0 saturated heterocycles. The smallest absolute Gasteiger partial charge is 0.00672 e. The summed E-state index contributed by atoms with van der Waals surface area (Å²) < 4.78 is 0. The average molecular weight is 155 g/mol. The van der Waals surface area contributed by atoms with Crippen LogP contribution in [0.1, 0.15) is 46.0 Å². The van der Waals surface area contributed by atoms with E-state index in [0.717, 1.165) is 11.8 Å². The number of rotatable bonds is 2. The Morgan fingerprint density at radius 3 is 2.45 bits per heavy atom. The van der Waals surface area contributed by atoms with Gasteiger partial charge in [0.2, 0.25) is 0 Å². The van der Waals surface area contributed by atoms with Crippen LogP contribution in [0.4, 0.5) is 0 Å². The molecule has 1 rings (SSSR count). The van der Waals surface area contributed by atoms with Crippen LogP contribution < -0.4 is 5.73 Å². The number of hydrogen-bond donors (Lipinski definition) is 1. The van der Waals surface area contributed by atoms with Gasteiger partial charge in [-0.25, -0.2) is 0 Å². The Morgan fingerprint density at radius 2 is 1.91 bits per heavy atom. The van der Waals surface area contributed by atoms with Gasteiger partial charge in [0.05, 0.1) is 0 Å². The number of hydrogen-bond acceptors (Lipinski definition) is 1. The lowest BCUT2D eigenvalue weighted by molar-refractivity contribution is 0.265. The summed E-state index contributed by atoms with van der Waals surface area (Å²) in [5.74, 6) is 1.65. The zero-order valence-corrected chi connectivity index (χ0v) is 7.84. The van der Waals surface area contributed by atoms with Crippen molar-refractivity contribution in [1.29, 1.82) is 0 Å². The van der Waals surface area contributed by atoms with E-state index in [1.807, 2.05) is 0 Å². The molecule has 0 bridgehead atoms. The first-order valence-corrected chi connectivity index (χ1v) is 4.95. The summed E-state index contributed by atoms with van der Waals surface area (Å²) in [5, 5.41) is 0. The third-order valence-corrected chi connectivity index (χ3v) is 2.74. The topological polar surface area (TPSA) is 26.0 Å². The maximum Gasteiger partial charge on any atom is 0.00672 e. The molecule has 11 heavy (non-hydrogen) atoms. The summed E-state index contributed by atoms with van der Waals surface area (Å²) >= 11 is 0. The van der Waals surface area contributed by atoms with Gasteiger partial charge >= 0.3 is 0 Å². The van der Waals surface area contributed by atoms with E-state index in [9.17, 15) is 0 Å². The molecule has 0 heterocycles. The Morgan fingerprint density at radius 1 is 1.27 bits per heavy atom. The Kier molecular flexibility index (Phi) is 3.38. The molecule has 0 aliphatic heterocycles. The molecule has 0 spiro atoms. The highest BCUT2D eigenvalue weighted by Crippen LogP contribution is 2.27. The molecule has 2 atom stereocenters. The molecule has 0 unspecified atom stereocenters. The minimum absolute atomic E-state index is 0.506. The Labute approximate surface area is 70.4 Å². The minimum Gasteiger partial charge on any atom is -0.327 e. The zero-order chi connectivity index (χ0) is 8.27. The lowest BCUT2D eigenvalue weighted by atomic mass is 9.80. The highest BCUT2D eigenvalue weighted by molar-refractivity contribution is 4.78. The maximum absolute atomic E-state index is 6.03. The van der Waals surface area contributed by atoms with E-state index < -0.39 is 0 Å². The second-order valence-electron chi connectivity index (χ2n) is 4.34. The van der Waals surface area contributed by atoms with Gasteiger partial charge in [-0.2, -0.15) is 0 Å². The molecule has 2 N–H and O–H groups in total. The number of nitrogens with two attached hydrogens (primary N) is 1. The molecule has 1 aliphatic rings. The van der Waals surface area contributed by atoms with E-state index >= 15 is 0 Å². The van der Waals surface area contributed by atoms with Crippen LogP contribution in [0.15, 0.2) is 0 Å². The molecular weight excluding hydrogens is 134 g/mol. The highest BCUT2D eigenvalue weighted by Gasteiger charge is 2.21. The fraction of sp³-hybridized carbons (Fsp3) is 1.00. The van der Waals surface area contributed by atoms with Crippen LogP contribution in [0, 0.1) is 11.8 Å². The van der Waals surface area contributed by atoms with Crippen molar-refractivity contribution in [1.82, 2.24) is 0 Å². The molecule has 1 fully saturated rings. The molecule has 1 aliphatic carbocycles. The standard InChI is InChI=1S/C10H21N/c1-8(2)7-9-5-3-4-6-10(9)11/h8-10H,3-7,11H2,1-2H3/t9-,10-/m1/s1. The summed E-state index contributed by atoms with van der Waals surface area (Å²) in [5.41, 5.74) is 6.03. The third-order valence-electron chi connectivity index (χ3n) is 2.74. The molecule has 0 aromatic heterocycles. The second-order valence-corrected chi connectivity index (χ2v) is 4.34. The van der Waals surface area contributed by atoms with Crippen molar-refractivity contribution in [2.75, 3.05) is 0 Å². The van der Waals surface area contributed by atoms with E-state index in [-0.39, 0.29) is 0 Å². The van der Waals surface area contributed by atoms with Crippen molar-refractivity contribution in [3.8, 4) is 0 Å². The maximum atomic E-state index is 6.03. The van der Waals surface area contributed by atoms with Gasteiger partial charge < -0.3 is 5.73 Å². The molecule has 1 nitrogen and oxygen atoms in total. The molecule has 0 amide bonds.